The number of carbonyl (C=O) groups is 2. The molecule has 6 heteroatoms. The second-order valence-electron chi connectivity index (χ2n) is 5.76. The maximum absolute atomic E-state index is 11.8. The van der Waals surface area contributed by atoms with Crippen molar-refractivity contribution < 1.29 is 19.1 Å². The Morgan fingerprint density at radius 1 is 1.30 bits per heavy atom. The third kappa shape index (κ3) is 7.66. The number of nitrogens with two attached hydrogens (primary N) is 1. The van der Waals surface area contributed by atoms with Crippen LogP contribution in [0, 0.1) is 5.92 Å². The third-order valence-electron chi connectivity index (χ3n) is 2.27. The van der Waals surface area contributed by atoms with Gasteiger partial charge in [0, 0.05) is 11.8 Å². The molecule has 0 aromatic carbocycles. The molecule has 0 aromatic heterocycles. The lowest BCUT2D eigenvalue weighted by Gasteiger charge is -2.26. The van der Waals surface area contributed by atoms with E-state index in [4.69, 9.17) is 15.2 Å². The summed E-state index contributed by atoms with van der Waals surface area (Å²) in [6.45, 7) is 11.1. The third-order valence-corrected chi connectivity index (χ3v) is 2.27. The molecule has 0 saturated carbocycles. The van der Waals surface area contributed by atoms with Crippen molar-refractivity contribution in [2.75, 3.05) is 6.61 Å². The molecule has 6 nitrogen and oxygen atoms in total. The fraction of sp³-hybridized carbons (Fsp3) is 0.714. The summed E-state index contributed by atoms with van der Waals surface area (Å²) < 4.78 is 9.96. The van der Waals surface area contributed by atoms with Gasteiger partial charge in [0.15, 0.2) is 0 Å². The van der Waals surface area contributed by atoms with Crippen LogP contribution in [-0.4, -0.2) is 30.3 Å². The van der Waals surface area contributed by atoms with E-state index in [1.165, 1.54) is 6.08 Å². The molecule has 0 aliphatic rings. The topological polar surface area (TPSA) is 90.6 Å². The van der Waals surface area contributed by atoms with Crippen LogP contribution in [0.1, 0.15) is 41.5 Å². The molecule has 1 amide bonds. The number of ether oxygens (including phenoxy) is 2. The van der Waals surface area contributed by atoms with Crippen molar-refractivity contribution in [3.63, 3.8) is 0 Å². The second-order valence-corrected chi connectivity index (χ2v) is 5.76. The Hall–Kier alpha value is -1.72. The standard InChI is InChI=1S/C14H26N2O4/c1-7-19-11(17)8-10(15)12(9(2)3)16-13(18)20-14(4,5)6/h8-9,12H,7,15H2,1-6H3,(H,16,18)/b10-8-/t12-/m0/s1. The van der Waals surface area contributed by atoms with Gasteiger partial charge >= 0.3 is 12.1 Å². The van der Waals surface area contributed by atoms with Gasteiger partial charge in [0.2, 0.25) is 0 Å². The highest BCUT2D eigenvalue weighted by Gasteiger charge is 2.23. The first kappa shape index (κ1) is 18.3. The van der Waals surface area contributed by atoms with E-state index in [0.29, 0.717) is 0 Å². The average Bonchev–Trinajstić information content (AvgIpc) is 2.22. The normalized spacial score (nSPS) is 13.8. The summed E-state index contributed by atoms with van der Waals surface area (Å²) >= 11 is 0. The molecule has 20 heavy (non-hydrogen) atoms. The van der Waals surface area contributed by atoms with Crippen LogP contribution in [0.25, 0.3) is 0 Å². The van der Waals surface area contributed by atoms with Crippen molar-refractivity contribution in [1.82, 2.24) is 5.32 Å². The first-order chi connectivity index (χ1) is 9.06. The van der Waals surface area contributed by atoms with Gasteiger partial charge in [-0.2, -0.15) is 0 Å². The molecule has 0 radical (unpaired) electrons. The largest absolute Gasteiger partial charge is 0.463 e. The van der Waals surface area contributed by atoms with Crippen LogP contribution in [0.5, 0.6) is 0 Å². The molecule has 0 rings (SSSR count). The maximum atomic E-state index is 11.8. The highest BCUT2D eigenvalue weighted by Crippen LogP contribution is 2.11. The number of rotatable bonds is 5. The van der Waals surface area contributed by atoms with Gasteiger partial charge < -0.3 is 20.5 Å². The molecular weight excluding hydrogens is 260 g/mol. The lowest BCUT2D eigenvalue weighted by Crippen LogP contribution is -2.44. The van der Waals surface area contributed by atoms with Gasteiger partial charge in [0.25, 0.3) is 0 Å². The highest BCUT2D eigenvalue weighted by molar-refractivity contribution is 5.83. The Morgan fingerprint density at radius 2 is 1.85 bits per heavy atom. The number of nitrogens with one attached hydrogen (secondary N) is 1. The first-order valence-corrected chi connectivity index (χ1v) is 6.70. The molecule has 0 unspecified atom stereocenters. The molecule has 0 aliphatic carbocycles. The molecule has 0 saturated heterocycles. The van der Waals surface area contributed by atoms with E-state index in [1.807, 2.05) is 13.8 Å². The van der Waals surface area contributed by atoms with Crippen LogP contribution in [0.15, 0.2) is 11.8 Å². The lowest BCUT2D eigenvalue weighted by atomic mass is 10.0. The van der Waals surface area contributed by atoms with Crippen molar-refractivity contribution >= 4 is 12.1 Å². The van der Waals surface area contributed by atoms with Gasteiger partial charge in [-0.25, -0.2) is 9.59 Å². The number of carbonyl (C=O) groups excluding carboxylic acids is 2. The zero-order chi connectivity index (χ0) is 15.9. The van der Waals surface area contributed by atoms with E-state index in [2.05, 4.69) is 5.32 Å². The Bertz CT molecular complexity index is 370. The van der Waals surface area contributed by atoms with Gasteiger partial charge in [-0.1, -0.05) is 13.8 Å². The lowest BCUT2D eigenvalue weighted by molar-refractivity contribution is -0.137. The van der Waals surface area contributed by atoms with E-state index in [1.54, 1.807) is 27.7 Å². The fourth-order valence-corrected chi connectivity index (χ4v) is 1.48. The Labute approximate surface area is 120 Å². The molecule has 0 bridgehead atoms. The van der Waals surface area contributed by atoms with E-state index in [-0.39, 0.29) is 18.2 Å². The first-order valence-electron chi connectivity index (χ1n) is 6.70. The minimum atomic E-state index is -0.592. The van der Waals surface area contributed by atoms with Gasteiger partial charge in [-0.3, -0.25) is 0 Å². The van der Waals surface area contributed by atoms with Gasteiger partial charge in [0.1, 0.15) is 5.60 Å². The Balaban J connectivity index is 4.81. The molecule has 0 heterocycles. The molecule has 1 atom stereocenters. The summed E-state index contributed by atoms with van der Waals surface area (Å²) in [6, 6.07) is -0.491. The van der Waals surface area contributed by atoms with E-state index in [0.717, 1.165) is 0 Å². The molecule has 3 N–H and O–H groups in total. The summed E-state index contributed by atoms with van der Waals surface area (Å²) in [5.74, 6) is -0.519. The Morgan fingerprint density at radius 3 is 2.25 bits per heavy atom. The molecule has 0 fully saturated rings. The minimum absolute atomic E-state index is 0.00759. The smallest absolute Gasteiger partial charge is 0.408 e. The molecule has 0 aromatic rings. The molecular formula is C14H26N2O4. The Kier molecular flexibility index (Phi) is 7.10. The number of amides is 1. The minimum Gasteiger partial charge on any atom is -0.463 e. The van der Waals surface area contributed by atoms with Crippen LogP contribution < -0.4 is 11.1 Å². The van der Waals surface area contributed by atoms with Crippen LogP contribution in [0.4, 0.5) is 4.79 Å². The van der Waals surface area contributed by atoms with E-state index < -0.39 is 23.7 Å². The van der Waals surface area contributed by atoms with Crippen molar-refractivity contribution in [2.45, 2.75) is 53.2 Å². The van der Waals surface area contributed by atoms with E-state index in [9.17, 15) is 9.59 Å². The molecule has 116 valence electrons. The molecule has 0 aliphatic heterocycles. The van der Waals surface area contributed by atoms with Gasteiger partial charge in [-0.05, 0) is 33.6 Å². The average molecular weight is 286 g/mol. The van der Waals surface area contributed by atoms with Crippen LogP contribution in [0.3, 0.4) is 0 Å². The predicted octanol–water partition coefficient (Wildman–Crippen LogP) is 1.94. The van der Waals surface area contributed by atoms with Crippen LogP contribution >= 0.6 is 0 Å². The quantitative estimate of drug-likeness (QED) is 0.595. The van der Waals surface area contributed by atoms with Gasteiger partial charge in [-0.15, -0.1) is 0 Å². The van der Waals surface area contributed by atoms with Crippen molar-refractivity contribution in [3.05, 3.63) is 11.8 Å². The predicted molar refractivity (Wildman–Crippen MR) is 76.9 cm³/mol. The highest BCUT2D eigenvalue weighted by atomic mass is 16.6. The van der Waals surface area contributed by atoms with Crippen LogP contribution in [0.2, 0.25) is 0 Å². The summed E-state index contributed by atoms with van der Waals surface area (Å²) in [6.07, 6.45) is 0.613. The number of hydrogen-bond donors (Lipinski definition) is 2. The molecule has 0 spiro atoms. The van der Waals surface area contributed by atoms with Crippen LogP contribution in [-0.2, 0) is 14.3 Å². The number of hydrogen-bond acceptors (Lipinski definition) is 5. The van der Waals surface area contributed by atoms with Crippen molar-refractivity contribution in [1.29, 1.82) is 0 Å². The van der Waals surface area contributed by atoms with E-state index >= 15 is 0 Å². The summed E-state index contributed by atoms with van der Waals surface area (Å²) in [5, 5.41) is 2.66. The van der Waals surface area contributed by atoms with Crippen molar-refractivity contribution in [3.8, 4) is 0 Å². The number of alkyl carbamates (subject to hydrolysis) is 1. The summed E-state index contributed by atoms with van der Waals surface area (Å²) in [4.78, 5) is 23.1. The summed E-state index contributed by atoms with van der Waals surface area (Å²) in [5.41, 5.74) is 5.50. The fourth-order valence-electron chi connectivity index (χ4n) is 1.48. The zero-order valence-corrected chi connectivity index (χ0v) is 13.1. The van der Waals surface area contributed by atoms with Crippen molar-refractivity contribution in [2.24, 2.45) is 11.7 Å². The van der Waals surface area contributed by atoms with Gasteiger partial charge in [0.05, 0.1) is 12.6 Å². The summed E-state index contributed by atoms with van der Waals surface area (Å²) in [7, 11) is 0. The number of esters is 1. The second kappa shape index (κ2) is 7.77. The zero-order valence-electron chi connectivity index (χ0n) is 13.1. The monoisotopic (exact) mass is 286 g/mol. The maximum Gasteiger partial charge on any atom is 0.408 e. The SMILES string of the molecule is CCOC(=O)/C=C(\N)[C@@H](NC(=O)OC(C)(C)C)C(C)C.